The van der Waals surface area contributed by atoms with E-state index in [1.54, 1.807) is 18.3 Å². The van der Waals surface area contributed by atoms with Crippen LogP contribution in [0.4, 0.5) is 9.52 Å². The van der Waals surface area contributed by atoms with Gasteiger partial charge in [-0.15, -0.1) is 11.3 Å². The predicted octanol–water partition coefficient (Wildman–Crippen LogP) is 4.93. The van der Waals surface area contributed by atoms with Gasteiger partial charge in [-0.25, -0.2) is 17.8 Å². The second-order valence-electron chi connectivity index (χ2n) is 7.93. The van der Waals surface area contributed by atoms with E-state index in [1.165, 1.54) is 23.3 Å². The molecule has 1 fully saturated rings. The lowest BCUT2D eigenvalue weighted by Crippen LogP contribution is -2.39. The Morgan fingerprint density at radius 3 is 2.63 bits per heavy atom. The van der Waals surface area contributed by atoms with Crippen LogP contribution in [0.1, 0.15) is 35.2 Å². The number of halogens is 1. The van der Waals surface area contributed by atoms with E-state index in [0.29, 0.717) is 31.5 Å². The highest BCUT2D eigenvalue weighted by Gasteiger charge is 2.33. The van der Waals surface area contributed by atoms with Gasteiger partial charge in [0.1, 0.15) is 5.82 Å². The Bertz CT molecular complexity index is 1150. The molecule has 0 atom stereocenters. The first-order valence-corrected chi connectivity index (χ1v) is 12.5. The first kappa shape index (κ1) is 21.0. The fourth-order valence-corrected chi connectivity index (χ4v) is 6.83. The Kier molecular flexibility index (Phi) is 5.93. The number of thiazole rings is 1. The Balaban J connectivity index is 1.42. The number of aryl methyl sites for hydroxylation is 2. The van der Waals surface area contributed by atoms with Gasteiger partial charge in [-0.05, 0) is 49.9 Å². The molecule has 0 aliphatic carbocycles. The third kappa shape index (κ3) is 4.42. The zero-order valence-electron chi connectivity index (χ0n) is 17.1. The van der Waals surface area contributed by atoms with Crippen LogP contribution in [0.5, 0.6) is 0 Å². The second kappa shape index (κ2) is 8.47. The number of hydrogen-bond acceptors (Lipinski definition) is 5. The molecule has 1 aliphatic heterocycles. The molecule has 0 radical (unpaired) electrons. The van der Waals surface area contributed by atoms with Crippen molar-refractivity contribution in [2.24, 2.45) is 0 Å². The van der Waals surface area contributed by atoms with E-state index < -0.39 is 20.9 Å². The van der Waals surface area contributed by atoms with Gasteiger partial charge >= 0.3 is 0 Å². The molecule has 0 unspecified atom stereocenters. The average Bonchev–Trinajstić information content (AvgIpc) is 3.18. The summed E-state index contributed by atoms with van der Waals surface area (Å²) in [4.78, 5) is 7.06. The Morgan fingerprint density at radius 2 is 1.90 bits per heavy atom. The van der Waals surface area contributed by atoms with Gasteiger partial charge in [0.2, 0.25) is 0 Å². The highest BCUT2D eigenvalue weighted by atomic mass is 32.2. The van der Waals surface area contributed by atoms with E-state index in [-0.39, 0.29) is 4.90 Å². The monoisotopic (exact) mass is 444 g/mol. The first-order chi connectivity index (χ1) is 14.3. The highest BCUT2D eigenvalue weighted by Crippen LogP contribution is 2.31. The van der Waals surface area contributed by atoms with Crippen LogP contribution in [0.2, 0.25) is 0 Å². The summed E-state index contributed by atoms with van der Waals surface area (Å²) < 4.78 is 39.7. The number of sulfone groups is 1. The number of hydrogen-bond donors (Lipinski definition) is 0. The summed E-state index contributed by atoms with van der Waals surface area (Å²) in [6, 6.07) is 12.4. The van der Waals surface area contributed by atoms with Crippen molar-refractivity contribution in [3.63, 3.8) is 0 Å². The van der Waals surface area contributed by atoms with Crippen LogP contribution in [0.25, 0.3) is 0 Å². The van der Waals surface area contributed by atoms with Crippen molar-refractivity contribution in [1.29, 1.82) is 0 Å². The van der Waals surface area contributed by atoms with Crippen molar-refractivity contribution in [3.8, 4) is 0 Å². The third-order valence-electron chi connectivity index (χ3n) is 5.62. The van der Waals surface area contributed by atoms with Gasteiger partial charge in [0.15, 0.2) is 15.0 Å². The number of benzene rings is 2. The highest BCUT2D eigenvalue weighted by molar-refractivity contribution is 7.92. The van der Waals surface area contributed by atoms with Gasteiger partial charge in [0.05, 0.1) is 15.8 Å². The third-order valence-corrected chi connectivity index (χ3v) is 8.97. The molecule has 4 rings (SSSR count). The molecule has 0 bridgehead atoms. The normalized spacial score (nSPS) is 15.5. The molecule has 0 spiro atoms. The standard InChI is InChI=1S/C23H25FN2O2S2/c1-16-4-3-5-18(12-16)13-20-15-29-23(25-20)26-10-8-21(9-11-26)30(27,28)22-14-19(24)7-6-17(22)2/h3-7,12,14-15,21H,8-11,13H2,1-2H3. The first-order valence-electron chi connectivity index (χ1n) is 10.1. The Morgan fingerprint density at radius 1 is 1.13 bits per heavy atom. The molecular formula is C23H25FN2O2S2. The zero-order valence-corrected chi connectivity index (χ0v) is 18.8. The Labute approximate surface area is 181 Å². The molecule has 1 aliphatic rings. The number of aromatic nitrogens is 1. The summed E-state index contributed by atoms with van der Waals surface area (Å²) in [5, 5.41) is 2.53. The molecule has 3 aromatic rings. The quantitative estimate of drug-likeness (QED) is 0.560. The van der Waals surface area contributed by atoms with Crippen molar-refractivity contribution < 1.29 is 12.8 Å². The van der Waals surface area contributed by atoms with Gasteiger partial charge in [0.25, 0.3) is 0 Å². The van der Waals surface area contributed by atoms with Crippen molar-refractivity contribution in [3.05, 3.63) is 76.0 Å². The van der Waals surface area contributed by atoms with E-state index in [2.05, 4.69) is 41.5 Å². The molecule has 0 N–H and O–H groups in total. The molecule has 7 heteroatoms. The van der Waals surface area contributed by atoms with Crippen LogP contribution in [0, 0.1) is 19.7 Å². The molecule has 0 saturated carbocycles. The van der Waals surface area contributed by atoms with Gasteiger partial charge in [-0.2, -0.15) is 0 Å². The van der Waals surface area contributed by atoms with E-state index in [1.807, 2.05) is 0 Å². The van der Waals surface area contributed by atoms with Crippen molar-refractivity contribution in [2.75, 3.05) is 18.0 Å². The summed E-state index contributed by atoms with van der Waals surface area (Å²) in [6.07, 6.45) is 1.83. The minimum Gasteiger partial charge on any atom is -0.348 e. The van der Waals surface area contributed by atoms with Gasteiger partial charge in [-0.1, -0.05) is 35.9 Å². The van der Waals surface area contributed by atoms with Crippen molar-refractivity contribution in [2.45, 2.75) is 43.3 Å². The summed E-state index contributed by atoms with van der Waals surface area (Å²) >= 11 is 1.60. The van der Waals surface area contributed by atoms with Crippen molar-refractivity contribution >= 4 is 26.3 Å². The van der Waals surface area contributed by atoms with Gasteiger partial charge < -0.3 is 4.90 Å². The van der Waals surface area contributed by atoms with Crippen LogP contribution >= 0.6 is 11.3 Å². The summed E-state index contributed by atoms with van der Waals surface area (Å²) in [7, 11) is -3.54. The molecule has 2 heterocycles. The molecule has 30 heavy (non-hydrogen) atoms. The second-order valence-corrected chi connectivity index (χ2v) is 11.0. The van der Waals surface area contributed by atoms with Crippen LogP contribution in [-0.4, -0.2) is 31.7 Å². The average molecular weight is 445 g/mol. The summed E-state index contributed by atoms with van der Waals surface area (Å²) in [5.74, 6) is -0.513. The maximum absolute atomic E-state index is 13.6. The number of nitrogens with zero attached hydrogens (tertiary/aromatic N) is 2. The molecule has 158 valence electrons. The fraction of sp³-hybridized carbons (Fsp3) is 0.348. The zero-order chi connectivity index (χ0) is 21.3. The minimum absolute atomic E-state index is 0.121. The lowest BCUT2D eigenvalue weighted by atomic mass is 10.1. The predicted molar refractivity (Wildman–Crippen MR) is 120 cm³/mol. The maximum Gasteiger partial charge on any atom is 0.185 e. The lowest BCUT2D eigenvalue weighted by molar-refractivity contribution is 0.527. The molecule has 0 amide bonds. The number of rotatable bonds is 5. The molecular weight excluding hydrogens is 419 g/mol. The number of anilines is 1. The van der Waals surface area contributed by atoms with Crippen LogP contribution in [0.3, 0.4) is 0 Å². The largest absolute Gasteiger partial charge is 0.348 e. The minimum atomic E-state index is -3.54. The van der Waals surface area contributed by atoms with Crippen LogP contribution in [0.15, 0.2) is 52.7 Å². The summed E-state index contributed by atoms with van der Waals surface area (Å²) in [6.45, 7) is 5.07. The maximum atomic E-state index is 13.6. The Hall–Kier alpha value is -2.25. The van der Waals surface area contributed by atoms with E-state index >= 15 is 0 Å². The smallest absolute Gasteiger partial charge is 0.185 e. The van der Waals surface area contributed by atoms with Gasteiger partial charge in [0, 0.05) is 24.9 Å². The van der Waals surface area contributed by atoms with Crippen molar-refractivity contribution in [1.82, 2.24) is 4.98 Å². The molecule has 1 aromatic heterocycles. The van der Waals surface area contributed by atoms with Crippen LogP contribution < -0.4 is 4.90 Å². The van der Waals surface area contributed by atoms with Gasteiger partial charge in [-0.3, -0.25) is 0 Å². The molecule has 4 nitrogen and oxygen atoms in total. The SMILES string of the molecule is Cc1cccc(Cc2csc(N3CCC(S(=O)(=O)c4cc(F)ccc4C)CC3)n2)c1. The van der Waals surface area contributed by atoms with Crippen LogP contribution in [-0.2, 0) is 16.3 Å². The van der Waals surface area contributed by atoms with E-state index in [4.69, 9.17) is 4.98 Å². The topological polar surface area (TPSA) is 50.3 Å². The molecule has 1 saturated heterocycles. The number of piperidine rings is 1. The fourth-order valence-electron chi connectivity index (χ4n) is 3.97. The van der Waals surface area contributed by atoms with E-state index in [9.17, 15) is 12.8 Å². The lowest BCUT2D eigenvalue weighted by Gasteiger charge is -2.31. The van der Waals surface area contributed by atoms with E-state index in [0.717, 1.165) is 23.3 Å². The summed E-state index contributed by atoms with van der Waals surface area (Å²) in [5.41, 5.74) is 4.10. The molecule has 2 aromatic carbocycles.